The first kappa shape index (κ1) is 11.6. The molecule has 0 atom stereocenters. The minimum atomic E-state index is -0.0569. The zero-order valence-corrected chi connectivity index (χ0v) is 10.4. The van der Waals surface area contributed by atoms with E-state index in [1.165, 1.54) is 25.7 Å². The summed E-state index contributed by atoms with van der Waals surface area (Å²) in [4.78, 5) is 4.40. The third-order valence-electron chi connectivity index (χ3n) is 3.01. The van der Waals surface area contributed by atoms with Crippen LogP contribution in [-0.4, -0.2) is 16.2 Å². The van der Waals surface area contributed by atoms with Gasteiger partial charge in [-0.15, -0.1) is 0 Å². The number of rotatable bonds is 3. The monoisotopic (exact) mass is 223 g/mol. The lowest BCUT2D eigenvalue weighted by Gasteiger charge is -2.10. The highest BCUT2D eigenvalue weighted by molar-refractivity contribution is 4.98. The maximum absolute atomic E-state index is 5.24. The van der Waals surface area contributed by atoms with Gasteiger partial charge in [-0.2, -0.15) is 4.98 Å². The zero-order chi connectivity index (χ0) is 11.6. The van der Waals surface area contributed by atoms with Gasteiger partial charge in [0.15, 0.2) is 5.82 Å². The molecule has 0 amide bonds. The van der Waals surface area contributed by atoms with E-state index < -0.39 is 0 Å². The predicted octanol–water partition coefficient (Wildman–Crippen LogP) is 2.40. The van der Waals surface area contributed by atoms with Gasteiger partial charge in [0.1, 0.15) is 0 Å². The minimum absolute atomic E-state index is 0.0569. The maximum Gasteiger partial charge on any atom is 0.232 e. The van der Waals surface area contributed by atoms with E-state index in [0.29, 0.717) is 6.04 Å². The second kappa shape index (κ2) is 4.53. The van der Waals surface area contributed by atoms with Crippen LogP contribution in [0.1, 0.15) is 58.2 Å². The van der Waals surface area contributed by atoms with Gasteiger partial charge in [-0.05, 0) is 12.8 Å². The molecule has 0 radical (unpaired) electrons. The Labute approximate surface area is 96.8 Å². The minimum Gasteiger partial charge on any atom is -0.339 e. The summed E-state index contributed by atoms with van der Waals surface area (Å²) in [6, 6.07) is 0.650. The van der Waals surface area contributed by atoms with Crippen molar-refractivity contribution in [3.05, 3.63) is 11.7 Å². The summed E-state index contributed by atoms with van der Waals surface area (Å²) in [6.45, 7) is 6.96. The SMILES string of the molecule is CC(C)(C)c1nc(CNC2CCCC2)no1. The van der Waals surface area contributed by atoms with Crippen LogP contribution >= 0.6 is 0 Å². The molecule has 90 valence electrons. The molecule has 0 saturated heterocycles. The molecule has 2 rings (SSSR count). The summed E-state index contributed by atoms with van der Waals surface area (Å²) < 4.78 is 5.24. The third-order valence-corrected chi connectivity index (χ3v) is 3.01. The van der Waals surface area contributed by atoms with Crippen LogP contribution in [0.4, 0.5) is 0 Å². The van der Waals surface area contributed by atoms with Crippen molar-refractivity contribution < 1.29 is 4.52 Å². The van der Waals surface area contributed by atoms with Gasteiger partial charge in [0.2, 0.25) is 5.89 Å². The zero-order valence-electron chi connectivity index (χ0n) is 10.4. The second-order valence-corrected chi connectivity index (χ2v) is 5.63. The van der Waals surface area contributed by atoms with E-state index in [0.717, 1.165) is 18.3 Å². The van der Waals surface area contributed by atoms with Crippen LogP contribution in [-0.2, 0) is 12.0 Å². The van der Waals surface area contributed by atoms with E-state index in [1.807, 2.05) is 0 Å². The number of hydrogen-bond donors (Lipinski definition) is 1. The molecular weight excluding hydrogens is 202 g/mol. The number of hydrogen-bond acceptors (Lipinski definition) is 4. The Morgan fingerprint density at radius 3 is 2.56 bits per heavy atom. The fraction of sp³-hybridized carbons (Fsp3) is 0.833. The summed E-state index contributed by atoms with van der Waals surface area (Å²) in [6.07, 6.45) is 5.25. The molecular formula is C12H21N3O. The largest absolute Gasteiger partial charge is 0.339 e. The number of aromatic nitrogens is 2. The molecule has 1 aromatic rings. The lowest BCUT2D eigenvalue weighted by Crippen LogP contribution is -2.25. The number of nitrogens with zero attached hydrogens (tertiary/aromatic N) is 2. The Balaban J connectivity index is 1.87. The molecule has 1 saturated carbocycles. The lowest BCUT2D eigenvalue weighted by atomic mass is 9.97. The molecule has 16 heavy (non-hydrogen) atoms. The fourth-order valence-corrected chi connectivity index (χ4v) is 2.00. The average Bonchev–Trinajstić information content (AvgIpc) is 2.85. The Bertz CT molecular complexity index is 334. The molecule has 1 aliphatic rings. The molecule has 0 aromatic carbocycles. The summed E-state index contributed by atoms with van der Waals surface area (Å²) in [5, 5.41) is 7.47. The molecule has 4 heteroatoms. The van der Waals surface area contributed by atoms with Crippen molar-refractivity contribution in [1.29, 1.82) is 0 Å². The quantitative estimate of drug-likeness (QED) is 0.855. The van der Waals surface area contributed by atoms with E-state index in [2.05, 4.69) is 36.2 Å². The lowest BCUT2D eigenvalue weighted by molar-refractivity contribution is 0.317. The van der Waals surface area contributed by atoms with E-state index in [9.17, 15) is 0 Å². The van der Waals surface area contributed by atoms with Gasteiger partial charge in [0.25, 0.3) is 0 Å². The Morgan fingerprint density at radius 2 is 2.00 bits per heavy atom. The molecule has 0 unspecified atom stereocenters. The van der Waals surface area contributed by atoms with E-state index in [4.69, 9.17) is 4.52 Å². The van der Waals surface area contributed by atoms with Crippen molar-refractivity contribution in [2.24, 2.45) is 0 Å². The molecule has 0 aliphatic heterocycles. The fourth-order valence-electron chi connectivity index (χ4n) is 2.00. The first-order valence-electron chi connectivity index (χ1n) is 6.12. The molecule has 1 N–H and O–H groups in total. The van der Waals surface area contributed by atoms with Gasteiger partial charge in [-0.3, -0.25) is 0 Å². The standard InChI is InChI=1S/C12H21N3O/c1-12(2,3)11-14-10(15-16-11)8-13-9-6-4-5-7-9/h9,13H,4-8H2,1-3H3. The molecule has 4 nitrogen and oxygen atoms in total. The van der Waals surface area contributed by atoms with Gasteiger partial charge in [0, 0.05) is 11.5 Å². The normalized spacial score (nSPS) is 18.2. The molecule has 1 aromatic heterocycles. The van der Waals surface area contributed by atoms with Crippen molar-refractivity contribution in [1.82, 2.24) is 15.5 Å². The van der Waals surface area contributed by atoms with E-state index in [-0.39, 0.29) is 5.41 Å². The highest BCUT2D eigenvalue weighted by Crippen LogP contribution is 2.20. The van der Waals surface area contributed by atoms with Gasteiger partial charge < -0.3 is 9.84 Å². The summed E-state index contributed by atoms with van der Waals surface area (Å²) >= 11 is 0. The molecule has 1 heterocycles. The van der Waals surface area contributed by atoms with Crippen LogP contribution in [0.5, 0.6) is 0 Å². The smallest absolute Gasteiger partial charge is 0.232 e. The first-order chi connectivity index (χ1) is 7.55. The summed E-state index contributed by atoms with van der Waals surface area (Å²) in [7, 11) is 0. The number of nitrogens with one attached hydrogen (secondary N) is 1. The molecule has 1 aliphatic carbocycles. The topological polar surface area (TPSA) is 51.0 Å². The predicted molar refractivity (Wildman–Crippen MR) is 62.1 cm³/mol. The average molecular weight is 223 g/mol. The van der Waals surface area contributed by atoms with Crippen molar-refractivity contribution in [3.8, 4) is 0 Å². The van der Waals surface area contributed by atoms with Crippen molar-refractivity contribution in [3.63, 3.8) is 0 Å². The molecule has 1 fully saturated rings. The van der Waals surface area contributed by atoms with Crippen molar-refractivity contribution >= 4 is 0 Å². The highest BCUT2D eigenvalue weighted by atomic mass is 16.5. The molecule has 0 bridgehead atoms. The highest BCUT2D eigenvalue weighted by Gasteiger charge is 2.22. The van der Waals surface area contributed by atoms with Gasteiger partial charge in [0.05, 0.1) is 6.54 Å². The second-order valence-electron chi connectivity index (χ2n) is 5.63. The molecule has 0 spiro atoms. The summed E-state index contributed by atoms with van der Waals surface area (Å²) in [5.41, 5.74) is -0.0569. The first-order valence-corrected chi connectivity index (χ1v) is 6.12. The van der Waals surface area contributed by atoms with Gasteiger partial charge in [-0.25, -0.2) is 0 Å². The van der Waals surface area contributed by atoms with Crippen LogP contribution in [0.2, 0.25) is 0 Å². The van der Waals surface area contributed by atoms with Crippen LogP contribution in [0, 0.1) is 0 Å². The summed E-state index contributed by atoms with van der Waals surface area (Å²) in [5.74, 6) is 1.49. The van der Waals surface area contributed by atoms with Crippen molar-refractivity contribution in [2.75, 3.05) is 0 Å². The van der Waals surface area contributed by atoms with Crippen LogP contribution in [0.3, 0.4) is 0 Å². The van der Waals surface area contributed by atoms with Crippen LogP contribution < -0.4 is 5.32 Å². The Kier molecular flexibility index (Phi) is 3.28. The van der Waals surface area contributed by atoms with E-state index >= 15 is 0 Å². The Hall–Kier alpha value is -0.900. The van der Waals surface area contributed by atoms with Crippen LogP contribution in [0.15, 0.2) is 4.52 Å². The van der Waals surface area contributed by atoms with E-state index in [1.54, 1.807) is 0 Å². The Morgan fingerprint density at radius 1 is 1.31 bits per heavy atom. The third kappa shape index (κ3) is 2.82. The van der Waals surface area contributed by atoms with Gasteiger partial charge >= 0.3 is 0 Å². The van der Waals surface area contributed by atoms with Crippen molar-refractivity contribution in [2.45, 2.75) is 64.5 Å². The van der Waals surface area contributed by atoms with Gasteiger partial charge in [-0.1, -0.05) is 38.8 Å². The van der Waals surface area contributed by atoms with Crippen LogP contribution in [0.25, 0.3) is 0 Å². The maximum atomic E-state index is 5.24.